The minimum absolute atomic E-state index is 0.00839. The minimum Gasteiger partial charge on any atom is -0.405 e. The summed E-state index contributed by atoms with van der Waals surface area (Å²) in [5.74, 6) is -2.53. The van der Waals surface area contributed by atoms with Gasteiger partial charge in [-0.3, -0.25) is 0 Å². The Morgan fingerprint density at radius 1 is 0.952 bits per heavy atom. The van der Waals surface area contributed by atoms with Crippen LogP contribution in [0, 0.1) is 23.0 Å². The van der Waals surface area contributed by atoms with Crippen molar-refractivity contribution in [2.24, 2.45) is 0 Å². The molecule has 0 heterocycles. The Bertz CT molecular complexity index is 718. The lowest BCUT2D eigenvalue weighted by Gasteiger charge is -2.14. The van der Waals surface area contributed by atoms with Crippen LogP contribution in [-0.4, -0.2) is 6.36 Å². The van der Waals surface area contributed by atoms with Crippen molar-refractivity contribution in [3.8, 4) is 22.9 Å². The molecule has 0 atom stereocenters. The van der Waals surface area contributed by atoms with E-state index in [4.69, 9.17) is 5.26 Å². The number of hydrogen-bond acceptors (Lipinski definition) is 2. The molecule has 0 spiro atoms. The first-order chi connectivity index (χ1) is 9.80. The molecule has 0 bridgehead atoms. The summed E-state index contributed by atoms with van der Waals surface area (Å²) in [6, 6.07) is 7.09. The predicted octanol–water partition coefficient (Wildman–Crippen LogP) is 4.40. The van der Waals surface area contributed by atoms with Crippen LogP contribution in [0.2, 0.25) is 0 Å². The Kier molecular flexibility index (Phi) is 3.80. The summed E-state index contributed by atoms with van der Waals surface area (Å²) in [6.45, 7) is 0. The summed E-state index contributed by atoms with van der Waals surface area (Å²) in [5, 5.41) is 8.62. The Morgan fingerprint density at radius 3 is 2.24 bits per heavy atom. The van der Waals surface area contributed by atoms with Gasteiger partial charge in [-0.15, -0.1) is 13.2 Å². The zero-order valence-electron chi connectivity index (χ0n) is 10.2. The van der Waals surface area contributed by atoms with Crippen LogP contribution in [-0.2, 0) is 0 Å². The standard InChI is InChI=1S/C14H6F5NO/c15-9-2-4-13(21-14(17,18)19)11(6-9)10-3-1-8(7-20)5-12(10)16/h1-6H. The van der Waals surface area contributed by atoms with E-state index in [1.54, 1.807) is 6.07 Å². The van der Waals surface area contributed by atoms with E-state index >= 15 is 0 Å². The van der Waals surface area contributed by atoms with Gasteiger partial charge in [0, 0.05) is 11.1 Å². The molecule has 0 aliphatic heterocycles. The van der Waals surface area contributed by atoms with Crippen LogP contribution in [0.15, 0.2) is 36.4 Å². The smallest absolute Gasteiger partial charge is 0.405 e. The van der Waals surface area contributed by atoms with E-state index in [0.717, 1.165) is 30.3 Å². The van der Waals surface area contributed by atoms with Crippen molar-refractivity contribution in [3.05, 3.63) is 53.6 Å². The number of halogens is 5. The average Bonchev–Trinajstić information content (AvgIpc) is 2.39. The fourth-order valence-electron chi connectivity index (χ4n) is 1.73. The van der Waals surface area contributed by atoms with E-state index in [2.05, 4.69) is 4.74 Å². The van der Waals surface area contributed by atoms with Crippen LogP contribution in [0.25, 0.3) is 11.1 Å². The molecular weight excluding hydrogens is 293 g/mol. The monoisotopic (exact) mass is 299 g/mol. The molecule has 0 aliphatic rings. The molecule has 0 fully saturated rings. The third kappa shape index (κ3) is 3.48. The maximum Gasteiger partial charge on any atom is 0.573 e. The number of hydrogen-bond donors (Lipinski definition) is 0. The molecule has 0 N–H and O–H groups in total. The van der Waals surface area contributed by atoms with E-state index < -0.39 is 29.3 Å². The Labute approximate surface area is 116 Å². The van der Waals surface area contributed by atoms with Crippen molar-refractivity contribution in [1.82, 2.24) is 0 Å². The lowest BCUT2D eigenvalue weighted by Crippen LogP contribution is -2.17. The Morgan fingerprint density at radius 2 is 1.67 bits per heavy atom. The summed E-state index contributed by atoms with van der Waals surface area (Å²) in [6.07, 6.45) is -4.99. The van der Waals surface area contributed by atoms with Gasteiger partial charge in [0.1, 0.15) is 17.4 Å². The quantitative estimate of drug-likeness (QED) is 0.770. The minimum atomic E-state index is -4.99. The summed E-state index contributed by atoms with van der Waals surface area (Å²) in [5.41, 5.74) is -0.701. The van der Waals surface area contributed by atoms with Gasteiger partial charge in [0.05, 0.1) is 11.6 Å². The number of nitrogens with zero attached hydrogens (tertiary/aromatic N) is 1. The van der Waals surface area contributed by atoms with Crippen LogP contribution in [0.5, 0.6) is 5.75 Å². The molecule has 0 unspecified atom stereocenters. The molecule has 0 saturated heterocycles. The molecule has 0 radical (unpaired) electrons. The van der Waals surface area contributed by atoms with Gasteiger partial charge in [0.15, 0.2) is 0 Å². The highest BCUT2D eigenvalue weighted by molar-refractivity contribution is 5.71. The maximum atomic E-state index is 13.9. The number of rotatable bonds is 2. The second-order valence-corrected chi connectivity index (χ2v) is 3.99. The highest BCUT2D eigenvalue weighted by Crippen LogP contribution is 2.35. The highest BCUT2D eigenvalue weighted by Gasteiger charge is 2.32. The van der Waals surface area contributed by atoms with Gasteiger partial charge in [0.2, 0.25) is 0 Å². The number of benzene rings is 2. The number of alkyl halides is 3. The SMILES string of the molecule is N#Cc1ccc(-c2cc(F)ccc2OC(F)(F)F)c(F)c1. The van der Waals surface area contributed by atoms with E-state index in [0.29, 0.717) is 0 Å². The lowest BCUT2D eigenvalue weighted by atomic mass is 10.0. The molecule has 108 valence electrons. The van der Waals surface area contributed by atoms with Crippen molar-refractivity contribution in [3.63, 3.8) is 0 Å². The van der Waals surface area contributed by atoms with Crippen molar-refractivity contribution >= 4 is 0 Å². The first kappa shape index (κ1) is 14.8. The Balaban J connectivity index is 2.57. The molecule has 7 heteroatoms. The third-order valence-electron chi connectivity index (χ3n) is 2.56. The van der Waals surface area contributed by atoms with Crippen molar-refractivity contribution in [2.45, 2.75) is 6.36 Å². The van der Waals surface area contributed by atoms with Gasteiger partial charge in [0.25, 0.3) is 0 Å². The highest BCUT2D eigenvalue weighted by atomic mass is 19.4. The summed E-state index contributed by atoms with van der Waals surface area (Å²) in [7, 11) is 0. The molecule has 21 heavy (non-hydrogen) atoms. The largest absolute Gasteiger partial charge is 0.573 e. The van der Waals surface area contributed by atoms with Crippen molar-refractivity contribution in [1.29, 1.82) is 5.26 Å². The van der Waals surface area contributed by atoms with Crippen LogP contribution in [0.4, 0.5) is 22.0 Å². The Hall–Kier alpha value is -2.62. The number of ether oxygens (including phenoxy) is 1. The normalized spacial score (nSPS) is 11.0. The van der Waals surface area contributed by atoms with Gasteiger partial charge in [-0.1, -0.05) is 0 Å². The molecule has 2 aromatic rings. The van der Waals surface area contributed by atoms with Gasteiger partial charge >= 0.3 is 6.36 Å². The van der Waals surface area contributed by atoms with Crippen molar-refractivity contribution in [2.75, 3.05) is 0 Å². The van der Waals surface area contributed by atoms with E-state index in [-0.39, 0.29) is 11.1 Å². The first-order valence-electron chi connectivity index (χ1n) is 5.55. The predicted molar refractivity (Wildman–Crippen MR) is 63.2 cm³/mol. The van der Waals surface area contributed by atoms with Crippen LogP contribution in [0.1, 0.15) is 5.56 Å². The second kappa shape index (κ2) is 5.40. The molecule has 2 nitrogen and oxygen atoms in total. The van der Waals surface area contributed by atoms with E-state index in [9.17, 15) is 22.0 Å². The fourth-order valence-corrected chi connectivity index (χ4v) is 1.73. The molecule has 2 aromatic carbocycles. The third-order valence-corrected chi connectivity index (χ3v) is 2.56. The van der Waals surface area contributed by atoms with Crippen LogP contribution >= 0.6 is 0 Å². The maximum absolute atomic E-state index is 13.9. The molecule has 0 aromatic heterocycles. The van der Waals surface area contributed by atoms with E-state index in [1.807, 2.05) is 0 Å². The average molecular weight is 299 g/mol. The molecule has 0 saturated carbocycles. The van der Waals surface area contributed by atoms with Gasteiger partial charge in [-0.05, 0) is 36.4 Å². The molecule has 2 rings (SSSR count). The first-order valence-corrected chi connectivity index (χ1v) is 5.55. The van der Waals surface area contributed by atoms with Gasteiger partial charge < -0.3 is 4.74 Å². The topological polar surface area (TPSA) is 33.0 Å². The second-order valence-electron chi connectivity index (χ2n) is 3.99. The molecule has 0 amide bonds. The molecular formula is C14H6F5NO. The zero-order chi connectivity index (χ0) is 15.6. The van der Waals surface area contributed by atoms with Gasteiger partial charge in [-0.25, -0.2) is 8.78 Å². The fraction of sp³-hybridized carbons (Fsp3) is 0.0714. The zero-order valence-corrected chi connectivity index (χ0v) is 10.2. The van der Waals surface area contributed by atoms with Gasteiger partial charge in [-0.2, -0.15) is 5.26 Å². The summed E-state index contributed by atoms with van der Waals surface area (Å²) >= 11 is 0. The summed E-state index contributed by atoms with van der Waals surface area (Å²) < 4.78 is 67.8. The van der Waals surface area contributed by atoms with E-state index in [1.165, 1.54) is 6.07 Å². The lowest BCUT2D eigenvalue weighted by molar-refractivity contribution is -0.274. The van der Waals surface area contributed by atoms with Crippen molar-refractivity contribution < 1.29 is 26.7 Å². The summed E-state index contributed by atoms with van der Waals surface area (Å²) in [4.78, 5) is 0. The molecule has 0 aliphatic carbocycles. The van der Waals surface area contributed by atoms with Crippen LogP contribution in [0.3, 0.4) is 0 Å². The van der Waals surface area contributed by atoms with Crippen LogP contribution < -0.4 is 4.74 Å². The number of nitriles is 1.